The van der Waals surface area contributed by atoms with Gasteiger partial charge in [0.1, 0.15) is 5.54 Å². The van der Waals surface area contributed by atoms with Crippen LogP contribution >= 0.6 is 11.8 Å². The number of aliphatic carboxylic acids is 1. The maximum absolute atomic E-state index is 11.0. The summed E-state index contributed by atoms with van der Waals surface area (Å²) in [5.74, 6) is 0.386. The molecule has 2 N–H and O–H groups in total. The van der Waals surface area contributed by atoms with Crippen molar-refractivity contribution in [1.29, 1.82) is 0 Å². The van der Waals surface area contributed by atoms with Crippen molar-refractivity contribution in [2.45, 2.75) is 38.5 Å². The Balaban J connectivity index is 4.15. The fourth-order valence-electron chi connectivity index (χ4n) is 0.731. The van der Waals surface area contributed by atoms with Crippen molar-refractivity contribution in [1.82, 2.24) is 5.32 Å². The van der Waals surface area contributed by atoms with Crippen LogP contribution in [0.4, 0.5) is 0 Å². The highest BCUT2D eigenvalue weighted by Crippen LogP contribution is 2.23. The number of hydrogen-bond donors (Lipinski definition) is 2. The van der Waals surface area contributed by atoms with E-state index in [0.29, 0.717) is 16.9 Å². The molecule has 0 bridgehead atoms. The maximum Gasteiger partial charge on any atom is 0.324 e. The molecule has 0 saturated heterocycles. The summed E-state index contributed by atoms with van der Waals surface area (Å²) in [6, 6.07) is 0. The highest BCUT2D eigenvalue weighted by atomic mass is 32.2. The van der Waals surface area contributed by atoms with Crippen LogP contribution < -0.4 is 5.32 Å². The van der Waals surface area contributed by atoms with Gasteiger partial charge in [0.2, 0.25) is 0 Å². The molecule has 0 aliphatic rings. The van der Waals surface area contributed by atoms with E-state index in [1.54, 1.807) is 25.7 Å². The van der Waals surface area contributed by atoms with Crippen molar-refractivity contribution in [2.24, 2.45) is 5.92 Å². The lowest BCUT2D eigenvalue weighted by molar-refractivity contribution is -0.142. The number of likely N-dealkylation sites (N-methyl/N-ethyl adjacent to an activating group) is 1. The summed E-state index contributed by atoms with van der Waals surface area (Å²) < 4.78 is 0. The van der Waals surface area contributed by atoms with Crippen LogP contribution in [0.2, 0.25) is 0 Å². The molecule has 4 heteroatoms. The molecule has 0 aliphatic heterocycles. The highest BCUT2D eigenvalue weighted by Gasteiger charge is 2.31. The Hall–Kier alpha value is -0.220. The zero-order valence-electron chi connectivity index (χ0n) is 9.63. The van der Waals surface area contributed by atoms with E-state index in [-0.39, 0.29) is 0 Å². The quantitative estimate of drug-likeness (QED) is 0.715. The molecule has 2 unspecified atom stereocenters. The van der Waals surface area contributed by atoms with Crippen molar-refractivity contribution in [3.63, 3.8) is 0 Å². The minimum atomic E-state index is -0.812. The zero-order valence-corrected chi connectivity index (χ0v) is 10.4. The Labute approximate surface area is 90.7 Å². The summed E-state index contributed by atoms with van der Waals surface area (Å²) in [6.07, 6.45) is 0. The monoisotopic (exact) mass is 219 g/mol. The summed E-state index contributed by atoms with van der Waals surface area (Å²) in [5, 5.41) is 12.3. The lowest BCUT2D eigenvalue weighted by Gasteiger charge is -2.26. The van der Waals surface area contributed by atoms with Gasteiger partial charge in [0.05, 0.1) is 0 Å². The second-order valence-electron chi connectivity index (χ2n) is 4.15. The van der Waals surface area contributed by atoms with Gasteiger partial charge >= 0.3 is 5.97 Å². The van der Waals surface area contributed by atoms with Gasteiger partial charge in [-0.25, -0.2) is 0 Å². The first-order valence-electron chi connectivity index (χ1n) is 4.87. The number of carbonyl (C=O) groups is 1. The predicted octanol–water partition coefficient (Wildman–Crippen LogP) is 1.83. The normalized spacial score (nSPS) is 17.9. The standard InChI is InChI=1S/C10H21NO2S/c1-7(2)8(3)14-6-10(4,11-5)9(12)13/h7-8,11H,6H2,1-5H3,(H,12,13). The average molecular weight is 219 g/mol. The van der Waals surface area contributed by atoms with E-state index in [4.69, 9.17) is 5.11 Å². The van der Waals surface area contributed by atoms with Crippen LogP contribution in [0.5, 0.6) is 0 Å². The molecule has 0 spiro atoms. The SMILES string of the molecule is CNC(C)(CSC(C)C(C)C)C(=O)O. The van der Waals surface area contributed by atoms with Crippen molar-refractivity contribution in [3.8, 4) is 0 Å². The number of carboxylic acids is 1. The maximum atomic E-state index is 11.0. The van der Waals surface area contributed by atoms with Crippen LogP contribution in [0.15, 0.2) is 0 Å². The minimum absolute atomic E-state index is 0.488. The van der Waals surface area contributed by atoms with Crippen LogP contribution in [0.25, 0.3) is 0 Å². The summed E-state index contributed by atoms with van der Waals surface area (Å²) in [5.41, 5.74) is -0.812. The van der Waals surface area contributed by atoms with E-state index in [1.807, 2.05) is 0 Å². The van der Waals surface area contributed by atoms with E-state index in [9.17, 15) is 4.79 Å². The number of carboxylic acid groups (broad SMARTS) is 1. The van der Waals surface area contributed by atoms with Crippen LogP contribution in [-0.4, -0.2) is 34.7 Å². The first-order valence-corrected chi connectivity index (χ1v) is 5.92. The highest BCUT2D eigenvalue weighted by molar-refractivity contribution is 8.00. The van der Waals surface area contributed by atoms with Gasteiger partial charge in [-0.1, -0.05) is 20.8 Å². The molecule has 0 aromatic heterocycles. The Bertz CT molecular complexity index is 197. The van der Waals surface area contributed by atoms with Crippen LogP contribution in [-0.2, 0) is 4.79 Å². The second-order valence-corrected chi connectivity index (χ2v) is 5.51. The number of rotatable bonds is 6. The molecule has 0 aromatic carbocycles. The Morgan fingerprint density at radius 3 is 2.29 bits per heavy atom. The fourth-order valence-corrected chi connectivity index (χ4v) is 1.98. The number of thioether (sulfide) groups is 1. The van der Waals surface area contributed by atoms with Crippen molar-refractivity contribution in [2.75, 3.05) is 12.8 Å². The molecule has 0 fully saturated rings. The molecule has 14 heavy (non-hydrogen) atoms. The summed E-state index contributed by atoms with van der Waals surface area (Å²) in [6.45, 7) is 8.15. The lowest BCUT2D eigenvalue weighted by atomic mass is 10.1. The zero-order chi connectivity index (χ0) is 11.4. The topological polar surface area (TPSA) is 49.3 Å². The Kier molecular flexibility index (Phi) is 5.52. The fraction of sp³-hybridized carbons (Fsp3) is 0.900. The van der Waals surface area contributed by atoms with E-state index < -0.39 is 11.5 Å². The largest absolute Gasteiger partial charge is 0.480 e. The molecule has 0 radical (unpaired) electrons. The van der Waals surface area contributed by atoms with Gasteiger partial charge in [-0.3, -0.25) is 4.79 Å². The third kappa shape index (κ3) is 3.88. The van der Waals surface area contributed by atoms with Gasteiger partial charge in [0, 0.05) is 11.0 Å². The van der Waals surface area contributed by atoms with Gasteiger partial charge in [-0.05, 0) is 19.9 Å². The Morgan fingerprint density at radius 1 is 1.50 bits per heavy atom. The first kappa shape index (κ1) is 13.8. The van der Waals surface area contributed by atoms with Gasteiger partial charge in [0.15, 0.2) is 0 Å². The molecule has 84 valence electrons. The van der Waals surface area contributed by atoms with Crippen molar-refractivity contribution < 1.29 is 9.90 Å². The average Bonchev–Trinajstić information content (AvgIpc) is 2.12. The lowest BCUT2D eigenvalue weighted by Crippen LogP contribution is -2.50. The Morgan fingerprint density at radius 2 is 2.00 bits per heavy atom. The molecule has 3 nitrogen and oxygen atoms in total. The summed E-state index contributed by atoms with van der Waals surface area (Å²) in [7, 11) is 1.69. The summed E-state index contributed by atoms with van der Waals surface area (Å²) in [4.78, 5) is 11.0. The van der Waals surface area contributed by atoms with Gasteiger partial charge in [-0.2, -0.15) is 11.8 Å². The summed E-state index contributed by atoms with van der Waals surface area (Å²) >= 11 is 1.70. The first-order chi connectivity index (χ1) is 6.33. The second kappa shape index (κ2) is 5.61. The third-order valence-corrected chi connectivity index (χ3v) is 4.41. The molecule has 0 saturated carbocycles. The van der Waals surface area contributed by atoms with Crippen LogP contribution in [0, 0.1) is 5.92 Å². The molecule has 0 aromatic rings. The molecular formula is C10H21NO2S. The molecule has 0 heterocycles. The van der Waals surface area contributed by atoms with Crippen LogP contribution in [0.1, 0.15) is 27.7 Å². The number of nitrogens with one attached hydrogen (secondary N) is 1. The molecule has 0 rings (SSSR count). The predicted molar refractivity (Wildman–Crippen MR) is 61.9 cm³/mol. The molecule has 0 aliphatic carbocycles. The van der Waals surface area contributed by atoms with Crippen molar-refractivity contribution in [3.05, 3.63) is 0 Å². The van der Waals surface area contributed by atoms with E-state index >= 15 is 0 Å². The van der Waals surface area contributed by atoms with Crippen molar-refractivity contribution >= 4 is 17.7 Å². The molecular weight excluding hydrogens is 198 g/mol. The number of hydrogen-bond acceptors (Lipinski definition) is 3. The smallest absolute Gasteiger partial charge is 0.324 e. The third-order valence-electron chi connectivity index (χ3n) is 2.60. The van der Waals surface area contributed by atoms with E-state index in [0.717, 1.165) is 0 Å². The minimum Gasteiger partial charge on any atom is -0.480 e. The van der Waals surface area contributed by atoms with Gasteiger partial charge < -0.3 is 10.4 Å². The van der Waals surface area contributed by atoms with Crippen LogP contribution in [0.3, 0.4) is 0 Å². The van der Waals surface area contributed by atoms with Gasteiger partial charge in [0.25, 0.3) is 0 Å². The molecule has 2 atom stereocenters. The van der Waals surface area contributed by atoms with Gasteiger partial charge in [-0.15, -0.1) is 0 Å². The molecule has 0 amide bonds. The van der Waals surface area contributed by atoms with E-state index in [2.05, 4.69) is 26.1 Å². The van der Waals surface area contributed by atoms with E-state index in [1.165, 1.54) is 0 Å².